The fraction of sp³-hybridized carbons (Fsp3) is 0.500. The molecule has 1 rings (SSSR count). The van der Waals surface area contributed by atoms with Gasteiger partial charge in [-0.05, 0) is 13.8 Å². The van der Waals surface area contributed by atoms with Crippen LogP contribution in [0.15, 0.2) is 6.20 Å². The first kappa shape index (κ1) is 9.57. The highest BCUT2D eigenvalue weighted by Crippen LogP contribution is 2.08. The third kappa shape index (κ3) is 1.99. The van der Waals surface area contributed by atoms with Crippen LogP contribution in [-0.2, 0) is 7.05 Å². The second-order valence-corrected chi connectivity index (χ2v) is 3.20. The van der Waals surface area contributed by atoms with Gasteiger partial charge in [0.25, 0.3) is 5.91 Å². The van der Waals surface area contributed by atoms with Gasteiger partial charge in [-0.2, -0.15) is 5.10 Å². The molecule has 5 nitrogen and oxygen atoms in total. The minimum absolute atomic E-state index is 0.0989. The Balaban J connectivity index is 2.88. The Morgan fingerprint density at radius 2 is 2.31 bits per heavy atom. The molecule has 0 aliphatic rings. The summed E-state index contributed by atoms with van der Waals surface area (Å²) in [5, 5.41) is 6.62. The maximum absolute atomic E-state index is 11.5. The van der Waals surface area contributed by atoms with E-state index in [-0.39, 0.29) is 11.9 Å². The molecule has 0 atom stereocenters. The molecule has 13 heavy (non-hydrogen) atoms. The van der Waals surface area contributed by atoms with Crippen LogP contribution in [0.25, 0.3) is 0 Å². The van der Waals surface area contributed by atoms with E-state index < -0.39 is 0 Å². The third-order valence-electron chi connectivity index (χ3n) is 1.60. The van der Waals surface area contributed by atoms with Crippen LogP contribution in [0.5, 0.6) is 0 Å². The predicted octanol–water partition coefficient (Wildman–Crippen LogP) is 0.140. The smallest absolute Gasteiger partial charge is 0.271 e. The van der Waals surface area contributed by atoms with Crippen LogP contribution in [0.4, 0.5) is 5.69 Å². The molecule has 5 heteroatoms. The number of hydrogen-bond acceptors (Lipinski definition) is 3. The molecule has 0 spiro atoms. The number of aromatic nitrogens is 2. The van der Waals surface area contributed by atoms with Gasteiger partial charge in [-0.3, -0.25) is 9.48 Å². The van der Waals surface area contributed by atoms with Gasteiger partial charge in [0.2, 0.25) is 0 Å². The number of nitrogens with zero attached hydrogens (tertiary/aromatic N) is 2. The lowest BCUT2D eigenvalue weighted by Gasteiger charge is -2.08. The van der Waals surface area contributed by atoms with Crippen molar-refractivity contribution in [2.24, 2.45) is 7.05 Å². The van der Waals surface area contributed by atoms with Crippen LogP contribution in [0.1, 0.15) is 24.3 Å². The van der Waals surface area contributed by atoms with Crippen molar-refractivity contribution in [3.05, 3.63) is 11.9 Å². The quantitative estimate of drug-likeness (QED) is 0.683. The molecule has 1 aromatic heterocycles. The average Bonchev–Trinajstić information content (AvgIpc) is 2.29. The summed E-state index contributed by atoms with van der Waals surface area (Å²) in [6.45, 7) is 3.79. The van der Waals surface area contributed by atoms with Gasteiger partial charge in [-0.1, -0.05) is 0 Å². The van der Waals surface area contributed by atoms with Gasteiger partial charge in [-0.25, -0.2) is 0 Å². The number of carbonyl (C=O) groups excluding carboxylic acids is 1. The fourth-order valence-electron chi connectivity index (χ4n) is 1.06. The molecule has 0 bridgehead atoms. The largest absolute Gasteiger partial charge is 0.396 e. The Morgan fingerprint density at radius 1 is 1.69 bits per heavy atom. The second-order valence-electron chi connectivity index (χ2n) is 3.20. The zero-order chi connectivity index (χ0) is 10.0. The number of anilines is 1. The second kappa shape index (κ2) is 3.47. The molecule has 0 aliphatic carbocycles. The molecule has 0 radical (unpaired) electrons. The summed E-state index contributed by atoms with van der Waals surface area (Å²) >= 11 is 0. The van der Waals surface area contributed by atoms with Crippen molar-refractivity contribution < 1.29 is 4.79 Å². The highest BCUT2D eigenvalue weighted by Gasteiger charge is 2.14. The van der Waals surface area contributed by atoms with Crippen LogP contribution in [0.2, 0.25) is 0 Å². The molecule has 0 saturated carbocycles. The number of nitrogens with one attached hydrogen (secondary N) is 1. The molecule has 0 fully saturated rings. The van der Waals surface area contributed by atoms with Gasteiger partial charge in [0, 0.05) is 13.1 Å². The van der Waals surface area contributed by atoms with Crippen molar-refractivity contribution in [2.75, 3.05) is 5.73 Å². The first-order valence-electron chi connectivity index (χ1n) is 4.10. The van der Waals surface area contributed by atoms with Crippen LogP contribution < -0.4 is 11.1 Å². The Bertz CT molecular complexity index is 296. The lowest BCUT2D eigenvalue weighted by molar-refractivity contribution is 0.0934. The molecule has 0 saturated heterocycles. The zero-order valence-electron chi connectivity index (χ0n) is 8.03. The number of hydrogen-bond donors (Lipinski definition) is 2. The normalized spacial score (nSPS) is 10.5. The molecule has 0 unspecified atom stereocenters. The van der Waals surface area contributed by atoms with E-state index in [0.29, 0.717) is 11.4 Å². The molecular formula is C8H14N4O. The van der Waals surface area contributed by atoms with Gasteiger partial charge in [0.05, 0.1) is 11.9 Å². The Hall–Kier alpha value is -1.52. The van der Waals surface area contributed by atoms with E-state index in [2.05, 4.69) is 10.4 Å². The van der Waals surface area contributed by atoms with Crippen LogP contribution in [-0.4, -0.2) is 21.7 Å². The molecule has 72 valence electrons. The van der Waals surface area contributed by atoms with E-state index in [4.69, 9.17) is 5.73 Å². The molecule has 0 aliphatic heterocycles. The van der Waals surface area contributed by atoms with E-state index in [1.165, 1.54) is 10.9 Å². The number of rotatable bonds is 2. The summed E-state index contributed by atoms with van der Waals surface area (Å²) < 4.78 is 1.47. The first-order valence-corrected chi connectivity index (χ1v) is 4.10. The maximum atomic E-state index is 11.5. The molecule has 1 heterocycles. The van der Waals surface area contributed by atoms with Crippen LogP contribution in [0, 0.1) is 0 Å². The SMILES string of the molecule is CC(C)NC(=O)c1c(N)cnn1C. The summed E-state index contributed by atoms with van der Waals surface area (Å²) in [4.78, 5) is 11.5. The minimum atomic E-state index is -0.187. The number of nitrogen functional groups attached to an aromatic ring is 1. The number of aryl methyl sites for hydroxylation is 1. The number of nitrogens with two attached hydrogens (primary N) is 1. The summed E-state index contributed by atoms with van der Waals surface area (Å²) in [6.07, 6.45) is 1.47. The summed E-state index contributed by atoms with van der Waals surface area (Å²) in [5.41, 5.74) is 6.39. The van der Waals surface area contributed by atoms with Gasteiger partial charge in [-0.15, -0.1) is 0 Å². The average molecular weight is 182 g/mol. The lowest BCUT2D eigenvalue weighted by atomic mass is 10.3. The van der Waals surface area contributed by atoms with Crippen LogP contribution >= 0.6 is 0 Å². The van der Waals surface area contributed by atoms with E-state index >= 15 is 0 Å². The van der Waals surface area contributed by atoms with Crippen molar-refractivity contribution >= 4 is 11.6 Å². The molecule has 3 N–H and O–H groups in total. The summed E-state index contributed by atoms with van der Waals surface area (Å²) in [5.74, 6) is -0.187. The van der Waals surface area contributed by atoms with E-state index in [9.17, 15) is 4.79 Å². The topological polar surface area (TPSA) is 72.9 Å². The van der Waals surface area contributed by atoms with E-state index in [0.717, 1.165) is 0 Å². The van der Waals surface area contributed by atoms with E-state index in [1.54, 1.807) is 7.05 Å². The zero-order valence-corrected chi connectivity index (χ0v) is 8.03. The van der Waals surface area contributed by atoms with Gasteiger partial charge in [0.15, 0.2) is 0 Å². The Morgan fingerprint density at radius 3 is 2.69 bits per heavy atom. The third-order valence-corrected chi connectivity index (χ3v) is 1.60. The monoisotopic (exact) mass is 182 g/mol. The van der Waals surface area contributed by atoms with Crippen molar-refractivity contribution in [1.29, 1.82) is 0 Å². The van der Waals surface area contributed by atoms with Crippen molar-refractivity contribution in [1.82, 2.24) is 15.1 Å². The van der Waals surface area contributed by atoms with E-state index in [1.807, 2.05) is 13.8 Å². The first-order chi connectivity index (χ1) is 6.02. The fourth-order valence-corrected chi connectivity index (χ4v) is 1.06. The minimum Gasteiger partial charge on any atom is -0.396 e. The molecular weight excluding hydrogens is 168 g/mol. The number of carbonyl (C=O) groups is 1. The molecule has 0 aromatic carbocycles. The Labute approximate surface area is 76.9 Å². The summed E-state index contributed by atoms with van der Waals surface area (Å²) in [6, 6.07) is 0.0989. The van der Waals surface area contributed by atoms with Crippen LogP contribution in [0.3, 0.4) is 0 Å². The van der Waals surface area contributed by atoms with Crippen molar-refractivity contribution in [3.8, 4) is 0 Å². The summed E-state index contributed by atoms with van der Waals surface area (Å²) in [7, 11) is 1.69. The lowest BCUT2D eigenvalue weighted by Crippen LogP contribution is -2.32. The standard InChI is InChI=1S/C8H14N4O/c1-5(2)11-8(13)7-6(9)4-10-12(7)3/h4-5H,9H2,1-3H3,(H,11,13). The molecule has 1 amide bonds. The van der Waals surface area contributed by atoms with Gasteiger partial charge in [0.1, 0.15) is 5.69 Å². The predicted molar refractivity (Wildman–Crippen MR) is 50.2 cm³/mol. The maximum Gasteiger partial charge on any atom is 0.271 e. The Kier molecular flexibility index (Phi) is 2.55. The number of amides is 1. The van der Waals surface area contributed by atoms with Crippen molar-refractivity contribution in [2.45, 2.75) is 19.9 Å². The highest BCUT2D eigenvalue weighted by molar-refractivity contribution is 5.97. The highest BCUT2D eigenvalue weighted by atomic mass is 16.2. The van der Waals surface area contributed by atoms with Crippen molar-refractivity contribution in [3.63, 3.8) is 0 Å². The van der Waals surface area contributed by atoms with Gasteiger partial charge >= 0.3 is 0 Å². The molecule has 1 aromatic rings. The van der Waals surface area contributed by atoms with Gasteiger partial charge < -0.3 is 11.1 Å².